The summed E-state index contributed by atoms with van der Waals surface area (Å²) in [6.07, 6.45) is 1.50. The fourth-order valence-electron chi connectivity index (χ4n) is 0.107. The Bertz CT molecular complexity index is 46.1. The molecule has 6 heavy (non-hydrogen) atoms. The van der Waals surface area contributed by atoms with E-state index in [1.54, 1.807) is 0 Å². The van der Waals surface area contributed by atoms with Crippen LogP contribution in [0.1, 0.15) is 0 Å². The topological polar surface area (TPSA) is 39.7 Å². The predicted octanol–water partition coefficient (Wildman–Crippen LogP) is -0.469. The van der Waals surface area contributed by atoms with Crippen molar-refractivity contribution in [2.75, 3.05) is 6.54 Å². The molecule has 0 amide bonds. The largest absolute Gasteiger partial charge is 0.636 e. The van der Waals surface area contributed by atoms with Gasteiger partial charge in [-0.25, -0.2) is 4.39 Å². The van der Waals surface area contributed by atoms with Crippen molar-refractivity contribution in [3.05, 3.63) is 17.6 Å². The summed E-state index contributed by atoms with van der Waals surface area (Å²) in [4.78, 5) is 0. The molecule has 0 aliphatic heterocycles. The van der Waals surface area contributed by atoms with E-state index in [0.717, 1.165) is 6.08 Å². The number of hydrogen-bond donors (Lipinski definition) is 1. The summed E-state index contributed by atoms with van der Waals surface area (Å²) in [5.74, 6) is 0. The van der Waals surface area contributed by atoms with Gasteiger partial charge in [-0.1, -0.05) is 0 Å². The van der Waals surface area contributed by atoms with Crippen LogP contribution < -0.4 is 5.48 Å². The molecule has 0 bridgehead atoms. The number of quaternary nitrogens is 1. The lowest BCUT2D eigenvalue weighted by molar-refractivity contribution is -0.578. The average molecular weight is 91.1 g/mol. The van der Waals surface area contributed by atoms with Crippen LogP contribution in [0.5, 0.6) is 0 Å². The molecule has 0 aliphatic rings. The molecule has 0 saturated carbocycles. The van der Waals surface area contributed by atoms with Gasteiger partial charge in [-0.15, -0.1) is 0 Å². The Balaban J connectivity index is 2.66. The second-order valence-corrected chi connectivity index (χ2v) is 0.764. The lowest BCUT2D eigenvalue weighted by atomic mass is 10.7. The van der Waals surface area contributed by atoms with Crippen molar-refractivity contribution in [2.24, 2.45) is 0 Å². The van der Waals surface area contributed by atoms with Crippen molar-refractivity contribution >= 4 is 0 Å². The first-order chi connectivity index (χ1) is 2.91. The van der Waals surface area contributed by atoms with E-state index in [9.17, 15) is 9.60 Å². The minimum absolute atomic E-state index is 0.177. The molecule has 3 heteroatoms. The monoisotopic (exact) mass is 91.0 g/mol. The number of hydroxylamine groups is 1. The van der Waals surface area contributed by atoms with Crippen LogP contribution in [0, 0.1) is 5.21 Å². The van der Waals surface area contributed by atoms with E-state index < -0.39 is 0 Å². The highest BCUT2D eigenvalue weighted by Crippen LogP contribution is 1.62. The lowest BCUT2D eigenvalue weighted by Crippen LogP contribution is -2.76. The highest BCUT2D eigenvalue weighted by atomic mass is 19.1. The summed E-state index contributed by atoms with van der Waals surface area (Å²) >= 11 is 0. The lowest BCUT2D eigenvalue weighted by Gasteiger charge is -1.91. The van der Waals surface area contributed by atoms with Crippen molar-refractivity contribution < 1.29 is 9.87 Å². The number of halogens is 1. The van der Waals surface area contributed by atoms with Crippen molar-refractivity contribution in [3.8, 4) is 0 Å². The molecule has 0 aromatic carbocycles. The minimum atomic E-state index is 0.177. The van der Waals surface area contributed by atoms with E-state index in [1.807, 2.05) is 0 Å². The van der Waals surface area contributed by atoms with Crippen LogP contribution >= 0.6 is 0 Å². The molecule has 0 aromatic heterocycles. The van der Waals surface area contributed by atoms with Crippen LogP contribution in [0.2, 0.25) is 0 Å². The average Bonchev–Trinajstić information content (AvgIpc) is 1.61. The Morgan fingerprint density at radius 3 is 2.67 bits per heavy atom. The minimum Gasteiger partial charge on any atom is -0.636 e. The maximum atomic E-state index is 10.8. The Labute approximate surface area is 35.2 Å². The van der Waals surface area contributed by atoms with Gasteiger partial charge in [0.1, 0.15) is 0 Å². The van der Waals surface area contributed by atoms with Gasteiger partial charge in [0, 0.05) is 0 Å². The normalized spacial score (nSPS) is 10.3. The number of hydrogen-bond acceptors (Lipinski definition) is 1. The molecule has 0 rings (SSSR count). The van der Waals surface area contributed by atoms with Gasteiger partial charge in [-0.05, 0) is 6.08 Å². The van der Waals surface area contributed by atoms with Crippen LogP contribution in [0.3, 0.4) is 0 Å². The van der Waals surface area contributed by atoms with Gasteiger partial charge in [0.25, 0.3) is 0 Å². The Morgan fingerprint density at radius 1 is 1.83 bits per heavy atom. The molecule has 0 unspecified atom stereocenters. The Kier molecular flexibility index (Phi) is 4.28. The number of rotatable bonds is 2. The maximum absolute atomic E-state index is 10.8. The highest BCUT2D eigenvalue weighted by Gasteiger charge is 1.63. The molecule has 0 radical (unpaired) electrons. The third-order valence-electron chi connectivity index (χ3n) is 0.321. The smallest absolute Gasteiger partial charge is 0.0965 e. The zero-order chi connectivity index (χ0) is 4.83. The summed E-state index contributed by atoms with van der Waals surface area (Å²) in [5, 5.41) is 9.35. The molecule has 0 aromatic rings. The van der Waals surface area contributed by atoms with E-state index in [0.29, 0.717) is 11.8 Å². The molecular weight excluding hydrogens is 85.0 g/mol. The summed E-state index contributed by atoms with van der Waals surface area (Å²) in [6.45, 7) is 0.177. The quantitative estimate of drug-likeness (QED) is 0.458. The van der Waals surface area contributed by atoms with Gasteiger partial charge in [0.05, 0.1) is 12.9 Å². The van der Waals surface area contributed by atoms with Crippen LogP contribution in [-0.4, -0.2) is 6.54 Å². The third-order valence-corrected chi connectivity index (χ3v) is 0.321. The first kappa shape index (κ1) is 5.59. The van der Waals surface area contributed by atoms with Gasteiger partial charge in [0.15, 0.2) is 0 Å². The molecule has 0 heterocycles. The fourth-order valence-corrected chi connectivity index (χ4v) is 0.107. The Morgan fingerprint density at radius 2 is 2.50 bits per heavy atom. The zero-order valence-electron chi connectivity index (χ0n) is 3.23. The number of nitrogens with two attached hydrogens (primary N) is 1. The summed E-state index contributed by atoms with van der Waals surface area (Å²) < 4.78 is 10.8. The van der Waals surface area contributed by atoms with Crippen LogP contribution in [-0.2, 0) is 0 Å². The van der Waals surface area contributed by atoms with Crippen LogP contribution in [0.15, 0.2) is 12.4 Å². The standard InChI is InChI=1S/C3H6FNO/c4-2-1-3-5-6/h1-2H,3,5H2. The molecular formula is C3H6FNO. The van der Waals surface area contributed by atoms with Gasteiger partial charge in [-0.2, -0.15) is 0 Å². The molecule has 0 saturated heterocycles. The van der Waals surface area contributed by atoms with Crippen molar-refractivity contribution in [1.29, 1.82) is 0 Å². The van der Waals surface area contributed by atoms with E-state index >= 15 is 0 Å². The molecule has 0 aliphatic carbocycles. The Hall–Kier alpha value is -0.410. The molecule has 36 valence electrons. The van der Waals surface area contributed by atoms with Gasteiger partial charge < -0.3 is 10.7 Å². The second kappa shape index (κ2) is 4.59. The second-order valence-electron chi connectivity index (χ2n) is 0.764. The van der Waals surface area contributed by atoms with Crippen LogP contribution in [0.25, 0.3) is 0 Å². The maximum Gasteiger partial charge on any atom is 0.0965 e. The van der Waals surface area contributed by atoms with E-state index in [1.165, 1.54) is 0 Å². The van der Waals surface area contributed by atoms with Crippen LogP contribution in [0.4, 0.5) is 4.39 Å². The predicted molar refractivity (Wildman–Crippen MR) is 20.4 cm³/mol. The first-order valence-electron chi connectivity index (χ1n) is 1.60. The zero-order valence-corrected chi connectivity index (χ0v) is 3.23. The van der Waals surface area contributed by atoms with Gasteiger partial charge in [0.2, 0.25) is 0 Å². The van der Waals surface area contributed by atoms with E-state index in [-0.39, 0.29) is 6.54 Å². The molecule has 0 fully saturated rings. The van der Waals surface area contributed by atoms with E-state index in [4.69, 9.17) is 0 Å². The summed E-state index contributed by atoms with van der Waals surface area (Å²) in [5.41, 5.74) is 0.635. The van der Waals surface area contributed by atoms with Crippen molar-refractivity contribution in [1.82, 2.24) is 0 Å². The first-order valence-corrected chi connectivity index (χ1v) is 1.60. The summed E-state index contributed by atoms with van der Waals surface area (Å²) in [6, 6.07) is 0. The van der Waals surface area contributed by atoms with Crippen molar-refractivity contribution in [3.63, 3.8) is 0 Å². The summed E-state index contributed by atoms with van der Waals surface area (Å²) in [7, 11) is 0. The molecule has 0 spiro atoms. The van der Waals surface area contributed by atoms with Gasteiger partial charge in [-0.3, -0.25) is 0 Å². The third kappa shape index (κ3) is 3.59. The molecule has 2 N–H and O–H groups in total. The fraction of sp³-hybridized carbons (Fsp3) is 0.333. The highest BCUT2D eigenvalue weighted by molar-refractivity contribution is 4.68. The SMILES string of the molecule is [O-][NH2+]CC=CF. The van der Waals surface area contributed by atoms with E-state index in [2.05, 4.69) is 0 Å². The van der Waals surface area contributed by atoms with Gasteiger partial charge >= 0.3 is 0 Å². The molecule has 0 atom stereocenters. The van der Waals surface area contributed by atoms with Crippen molar-refractivity contribution in [2.45, 2.75) is 0 Å². The molecule has 2 nitrogen and oxygen atoms in total.